The molecular weight excluding hydrogens is 471 g/mol. The molecule has 0 amide bonds. The summed E-state index contributed by atoms with van der Waals surface area (Å²) in [4.78, 5) is 35.3. The number of pyridine rings is 2. The van der Waals surface area contributed by atoms with Gasteiger partial charge in [0.2, 0.25) is 0 Å². The summed E-state index contributed by atoms with van der Waals surface area (Å²) in [5, 5.41) is 0.790. The van der Waals surface area contributed by atoms with E-state index in [4.69, 9.17) is 9.47 Å². The predicted molar refractivity (Wildman–Crippen MR) is 139 cm³/mol. The molecule has 0 atom stereocenters. The van der Waals surface area contributed by atoms with Crippen molar-refractivity contribution in [3.05, 3.63) is 82.9 Å². The summed E-state index contributed by atoms with van der Waals surface area (Å²) >= 11 is 0. The maximum atomic E-state index is 13.9. The van der Waals surface area contributed by atoms with E-state index < -0.39 is 0 Å². The van der Waals surface area contributed by atoms with Crippen molar-refractivity contribution in [1.82, 2.24) is 9.97 Å². The van der Waals surface area contributed by atoms with Gasteiger partial charge in [0, 0.05) is 46.5 Å². The Hall–Kier alpha value is -4.13. The van der Waals surface area contributed by atoms with Crippen LogP contribution in [0, 0.1) is 12.7 Å². The van der Waals surface area contributed by atoms with E-state index >= 15 is 0 Å². The minimum atomic E-state index is -0.317. The zero-order chi connectivity index (χ0) is 26.3. The molecule has 0 unspecified atom stereocenters. The molecule has 0 bridgehead atoms. The molecule has 0 aliphatic carbocycles. The first-order valence-corrected chi connectivity index (χ1v) is 12.1. The number of rotatable bonds is 7. The Kier molecular flexibility index (Phi) is 6.23. The number of carbonyl (C=O) groups is 2. The molecule has 1 aliphatic rings. The summed E-state index contributed by atoms with van der Waals surface area (Å²) in [5.74, 6) is 0.397. The molecule has 0 N–H and O–H groups in total. The lowest BCUT2D eigenvalue weighted by atomic mass is 9.85. The number of Topliss-reactive ketones (excluding diaryl/α,β-unsaturated/α-hetero) is 2. The number of benzene rings is 2. The number of methoxy groups -OCH3 is 1. The molecule has 6 nitrogen and oxygen atoms in total. The number of carbonyl (C=O) groups excluding carboxylic acids is 2. The van der Waals surface area contributed by atoms with Crippen molar-refractivity contribution in [3.8, 4) is 22.8 Å². The molecule has 2 aromatic heterocycles. The molecule has 0 radical (unpaired) electrons. The molecule has 3 heterocycles. The number of nitrogens with zero attached hydrogens (tertiary/aromatic N) is 2. The first-order chi connectivity index (χ1) is 17.7. The van der Waals surface area contributed by atoms with Crippen LogP contribution in [0.3, 0.4) is 0 Å². The van der Waals surface area contributed by atoms with Gasteiger partial charge in [-0.25, -0.2) is 9.37 Å². The second-order valence-electron chi connectivity index (χ2n) is 9.97. The number of ketones is 2. The number of hydrogen-bond acceptors (Lipinski definition) is 6. The lowest BCUT2D eigenvalue weighted by Crippen LogP contribution is -2.19. The van der Waals surface area contributed by atoms with Gasteiger partial charge in [-0.1, -0.05) is 19.9 Å². The number of ether oxygens (including phenoxy) is 2. The molecule has 0 saturated carbocycles. The van der Waals surface area contributed by atoms with Gasteiger partial charge in [0.15, 0.2) is 11.6 Å². The second-order valence-corrected chi connectivity index (χ2v) is 9.97. The fraction of sp³-hybridized carbons (Fsp3) is 0.267. The highest BCUT2D eigenvalue weighted by Crippen LogP contribution is 2.44. The highest BCUT2D eigenvalue weighted by molar-refractivity contribution is 6.04. The van der Waals surface area contributed by atoms with Crippen LogP contribution in [0.15, 0.2) is 54.7 Å². The van der Waals surface area contributed by atoms with E-state index in [0.29, 0.717) is 46.0 Å². The molecule has 5 rings (SSSR count). The smallest absolute Gasteiger partial charge is 0.181 e. The van der Waals surface area contributed by atoms with Gasteiger partial charge in [-0.3, -0.25) is 14.6 Å². The third-order valence-corrected chi connectivity index (χ3v) is 6.79. The maximum Gasteiger partial charge on any atom is 0.181 e. The SMILES string of the molecule is COc1cc(C(=O)CCC(=O)c2cc3c(c(-c4ccc(F)c(C)c4)n2)OCC3(C)C)cc2cccnc12. The predicted octanol–water partition coefficient (Wildman–Crippen LogP) is 6.27. The second kappa shape index (κ2) is 9.39. The van der Waals surface area contributed by atoms with E-state index in [-0.39, 0.29) is 41.3 Å². The Morgan fingerprint density at radius 3 is 2.62 bits per heavy atom. The first-order valence-electron chi connectivity index (χ1n) is 12.1. The van der Waals surface area contributed by atoms with Crippen LogP contribution >= 0.6 is 0 Å². The van der Waals surface area contributed by atoms with E-state index in [1.807, 2.05) is 19.9 Å². The summed E-state index contributed by atoms with van der Waals surface area (Å²) < 4.78 is 25.3. The van der Waals surface area contributed by atoms with Crippen molar-refractivity contribution in [2.45, 2.75) is 39.0 Å². The van der Waals surface area contributed by atoms with Crippen LogP contribution in [0.25, 0.3) is 22.2 Å². The molecular formula is C30H27FN2O4. The first kappa shape index (κ1) is 24.6. The topological polar surface area (TPSA) is 78.4 Å². The van der Waals surface area contributed by atoms with E-state index in [0.717, 1.165) is 10.9 Å². The highest BCUT2D eigenvalue weighted by atomic mass is 19.1. The summed E-state index contributed by atoms with van der Waals surface area (Å²) in [7, 11) is 1.53. The summed E-state index contributed by atoms with van der Waals surface area (Å²) in [6.45, 7) is 6.21. The fourth-order valence-corrected chi connectivity index (χ4v) is 4.62. The van der Waals surface area contributed by atoms with Gasteiger partial charge in [0.25, 0.3) is 0 Å². The van der Waals surface area contributed by atoms with Crippen molar-refractivity contribution in [2.75, 3.05) is 13.7 Å². The van der Waals surface area contributed by atoms with Gasteiger partial charge in [-0.15, -0.1) is 0 Å². The number of aromatic nitrogens is 2. The minimum Gasteiger partial charge on any atom is -0.494 e. The lowest BCUT2D eigenvalue weighted by Gasteiger charge is -2.16. The maximum absolute atomic E-state index is 13.9. The van der Waals surface area contributed by atoms with Gasteiger partial charge in [-0.2, -0.15) is 0 Å². The van der Waals surface area contributed by atoms with Crippen LogP contribution in [0.5, 0.6) is 11.5 Å². The van der Waals surface area contributed by atoms with Crippen molar-refractivity contribution in [1.29, 1.82) is 0 Å². The van der Waals surface area contributed by atoms with Crippen LogP contribution in [-0.2, 0) is 5.41 Å². The molecule has 37 heavy (non-hydrogen) atoms. The zero-order valence-corrected chi connectivity index (χ0v) is 21.2. The minimum absolute atomic E-state index is 0.00117. The van der Waals surface area contributed by atoms with Crippen LogP contribution < -0.4 is 9.47 Å². The number of hydrogen-bond donors (Lipinski definition) is 0. The van der Waals surface area contributed by atoms with Crippen LogP contribution in [0.2, 0.25) is 0 Å². The normalized spacial score (nSPS) is 13.8. The molecule has 0 saturated heterocycles. The largest absolute Gasteiger partial charge is 0.494 e. The summed E-state index contributed by atoms with van der Waals surface area (Å²) in [5.41, 5.74) is 3.63. The molecule has 0 fully saturated rings. The Morgan fingerprint density at radius 2 is 1.86 bits per heavy atom. The Balaban J connectivity index is 1.44. The highest BCUT2D eigenvalue weighted by Gasteiger charge is 2.36. The number of aryl methyl sites for hydroxylation is 1. The number of halogens is 1. The van der Waals surface area contributed by atoms with Crippen LogP contribution in [0.1, 0.15) is 58.7 Å². The fourth-order valence-electron chi connectivity index (χ4n) is 4.62. The van der Waals surface area contributed by atoms with Crippen molar-refractivity contribution in [3.63, 3.8) is 0 Å². The third kappa shape index (κ3) is 4.57. The quantitative estimate of drug-likeness (QED) is 0.280. The standard InChI is InChI=1S/C30H27FN2O4/c1-17-12-19(7-8-22(17)31)28-29-21(30(2,3)16-37-29)15-23(33-28)25(35)10-9-24(34)20-13-18-6-5-11-32-27(18)26(14-20)36-4/h5-8,11-15H,9-10,16H2,1-4H3. The van der Waals surface area contributed by atoms with Gasteiger partial charge in [0.05, 0.1) is 13.7 Å². The Labute approximate surface area is 214 Å². The van der Waals surface area contributed by atoms with Crippen molar-refractivity contribution >= 4 is 22.5 Å². The Bertz CT molecular complexity index is 1560. The summed E-state index contributed by atoms with van der Waals surface area (Å²) in [6, 6.07) is 13.6. The van der Waals surface area contributed by atoms with E-state index in [1.54, 1.807) is 49.5 Å². The van der Waals surface area contributed by atoms with E-state index in [1.165, 1.54) is 13.2 Å². The molecule has 0 spiro atoms. The van der Waals surface area contributed by atoms with Gasteiger partial charge >= 0.3 is 0 Å². The Morgan fingerprint density at radius 1 is 1.08 bits per heavy atom. The van der Waals surface area contributed by atoms with Crippen molar-refractivity contribution < 1.29 is 23.5 Å². The zero-order valence-electron chi connectivity index (χ0n) is 21.2. The monoisotopic (exact) mass is 498 g/mol. The van der Waals surface area contributed by atoms with Crippen LogP contribution in [0.4, 0.5) is 4.39 Å². The van der Waals surface area contributed by atoms with Gasteiger partial charge in [0.1, 0.15) is 34.2 Å². The average molecular weight is 499 g/mol. The summed E-state index contributed by atoms with van der Waals surface area (Å²) in [6.07, 6.45) is 1.70. The van der Waals surface area contributed by atoms with Gasteiger partial charge < -0.3 is 9.47 Å². The lowest BCUT2D eigenvalue weighted by molar-refractivity contribution is 0.0915. The molecule has 188 valence electrons. The van der Waals surface area contributed by atoms with Crippen LogP contribution in [-0.4, -0.2) is 35.3 Å². The number of fused-ring (bicyclic) bond motifs is 2. The van der Waals surface area contributed by atoms with E-state index in [2.05, 4.69) is 9.97 Å². The van der Waals surface area contributed by atoms with E-state index in [9.17, 15) is 14.0 Å². The molecule has 1 aliphatic heterocycles. The van der Waals surface area contributed by atoms with Gasteiger partial charge in [-0.05, 0) is 55.0 Å². The molecule has 2 aromatic carbocycles. The third-order valence-electron chi connectivity index (χ3n) is 6.79. The average Bonchev–Trinajstić information content (AvgIpc) is 3.21. The molecule has 7 heteroatoms. The molecule has 4 aromatic rings. The van der Waals surface area contributed by atoms with Crippen molar-refractivity contribution in [2.24, 2.45) is 0 Å².